The molecule has 0 radical (unpaired) electrons. The van der Waals surface area contributed by atoms with Crippen LogP contribution in [0.3, 0.4) is 0 Å². The third-order valence-corrected chi connectivity index (χ3v) is 2.54. The zero-order valence-corrected chi connectivity index (χ0v) is 10.7. The maximum atomic E-state index is 11.3. The molecule has 0 amide bonds. The number of benzene rings is 1. The van der Waals surface area contributed by atoms with Gasteiger partial charge in [0, 0.05) is 6.42 Å². The first kappa shape index (κ1) is 14.5. The highest BCUT2D eigenvalue weighted by Gasteiger charge is 2.00. The van der Waals surface area contributed by atoms with Gasteiger partial charge >= 0.3 is 5.97 Å². The van der Waals surface area contributed by atoms with Crippen molar-refractivity contribution in [2.45, 2.75) is 25.7 Å². The molecule has 1 rings (SSSR count). The maximum Gasteiger partial charge on any atom is 0.306 e. The van der Waals surface area contributed by atoms with Gasteiger partial charge in [-0.3, -0.25) is 4.79 Å². The Labute approximate surface area is 109 Å². The van der Waals surface area contributed by atoms with Gasteiger partial charge in [0.25, 0.3) is 0 Å². The van der Waals surface area contributed by atoms with Gasteiger partial charge in [-0.2, -0.15) is 0 Å². The minimum atomic E-state index is -0.135. The second kappa shape index (κ2) is 9.42. The topological polar surface area (TPSA) is 52.3 Å². The van der Waals surface area contributed by atoms with Crippen molar-refractivity contribution in [3.8, 4) is 0 Å². The molecule has 18 heavy (non-hydrogen) atoms. The summed E-state index contributed by atoms with van der Waals surface area (Å²) in [6.45, 7) is 1.03. The van der Waals surface area contributed by atoms with Crippen molar-refractivity contribution in [1.82, 2.24) is 0 Å². The van der Waals surface area contributed by atoms with E-state index in [0.717, 1.165) is 24.8 Å². The second-order valence-corrected chi connectivity index (χ2v) is 4.10. The predicted octanol–water partition coefficient (Wildman–Crippen LogP) is 2.76. The third kappa shape index (κ3) is 6.86. The lowest BCUT2D eigenvalue weighted by Crippen LogP contribution is -2.05. The smallest absolute Gasteiger partial charge is 0.306 e. The molecule has 0 aliphatic carbocycles. The Morgan fingerprint density at radius 2 is 1.94 bits per heavy atom. The predicted molar refractivity (Wildman–Crippen MR) is 74.0 cm³/mol. The third-order valence-electron chi connectivity index (χ3n) is 2.54. The first-order chi connectivity index (χ1) is 8.83. The normalized spacial score (nSPS) is 10.7. The monoisotopic (exact) mass is 247 g/mol. The number of hydrogen-bond donors (Lipinski definition) is 1. The van der Waals surface area contributed by atoms with Crippen LogP contribution in [0, 0.1) is 0 Å². The Morgan fingerprint density at radius 1 is 1.17 bits per heavy atom. The van der Waals surface area contributed by atoms with Crippen LogP contribution in [0.1, 0.15) is 31.2 Å². The average Bonchev–Trinajstić information content (AvgIpc) is 2.41. The van der Waals surface area contributed by atoms with E-state index in [1.165, 1.54) is 0 Å². The number of hydrogen-bond acceptors (Lipinski definition) is 3. The summed E-state index contributed by atoms with van der Waals surface area (Å²) in [5.74, 6) is -0.135. The lowest BCUT2D eigenvalue weighted by Gasteiger charge is -2.01. The highest BCUT2D eigenvalue weighted by atomic mass is 16.5. The van der Waals surface area contributed by atoms with E-state index in [9.17, 15) is 4.79 Å². The van der Waals surface area contributed by atoms with Crippen molar-refractivity contribution in [2.24, 2.45) is 5.73 Å². The Morgan fingerprint density at radius 3 is 2.67 bits per heavy atom. The fraction of sp³-hybridized carbons (Fsp3) is 0.400. The van der Waals surface area contributed by atoms with Gasteiger partial charge in [-0.25, -0.2) is 0 Å². The molecule has 0 unspecified atom stereocenters. The zero-order chi connectivity index (χ0) is 13.1. The van der Waals surface area contributed by atoms with E-state index in [1.54, 1.807) is 0 Å². The number of unbranched alkanes of at least 4 members (excludes halogenated alkanes) is 2. The Hall–Kier alpha value is -1.61. The zero-order valence-electron chi connectivity index (χ0n) is 10.7. The van der Waals surface area contributed by atoms with E-state index in [2.05, 4.69) is 0 Å². The molecule has 0 heterocycles. The molecule has 0 aromatic heterocycles. The Kier molecular flexibility index (Phi) is 7.57. The fourth-order valence-electron chi connectivity index (χ4n) is 1.55. The number of rotatable bonds is 8. The van der Waals surface area contributed by atoms with Gasteiger partial charge in [0.2, 0.25) is 0 Å². The standard InChI is InChI=1S/C15H21NO2/c16-12-6-2-5-11-15(17)18-13-7-10-14-8-3-1-4-9-14/h1,3-4,7-10H,2,5-6,11-13,16H2. The molecule has 3 heteroatoms. The van der Waals surface area contributed by atoms with Crippen LogP contribution in [0.4, 0.5) is 0 Å². The highest BCUT2D eigenvalue weighted by Crippen LogP contribution is 2.02. The van der Waals surface area contributed by atoms with Crippen molar-refractivity contribution >= 4 is 12.0 Å². The van der Waals surface area contributed by atoms with Crippen molar-refractivity contribution in [2.75, 3.05) is 13.2 Å². The van der Waals surface area contributed by atoms with Crippen LogP contribution in [-0.2, 0) is 9.53 Å². The summed E-state index contributed by atoms with van der Waals surface area (Å²) in [5, 5.41) is 0. The molecule has 0 saturated carbocycles. The minimum Gasteiger partial charge on any atom is -0.461 e. The number of esters is 1. The summed E-state index contributed by atoms with van der Waals surface area (Å²) < 4.78 is 5.09. The first-order valence-corrected chi connectivity index (χ1v) is 6.40. The Balaban J connectivity index is 2.10. The van der Waals surface area contributed by atoms with Crippen molar-refractivity contribution in [3.05, 3.63) is 42.0 Å². The van der Waals surface area contributed by atoms with Crippen LogP contribution in [0.25, 0.3) is 6.08 Å². The van der Waals surface area contributed by atoms with E-state index in [0.29, 0.717) is 19.6 Å². The molecule has 0 aliphatic rings. The lowest BCUT2D eigenvalue weighted by molar-refractivity contribution is -0.142. The van der Waals surface area contributed by atoms with Gasteiger partial charge in [-0.1, -0.05) is 42.8 Å². The second-order valence-electron chi connectivity index (χ2n) is 4.10. The molecule has 0 fully saturated rings. The summed E-state index contributed by atoms with van der Waals surface area (Å²) in [4.78, 5) is 11.3. The number of nitrogens with two attached hydrogens (primary N) is 1. The summed E-state index contributed by atoms with van der Waals surface area (Å²) in [7, 11) is 0. The van der Waals surface area contributed by atoms with Crippen molar-refractivity contribution in [1.29, 1.82) is 0 Å². The van der Waals surface area contributed by atoms with Crippen LogP contribution in [-0.4, -0.2) is 19.1 Å². The molecule has 2 N–H and O–H groups in total. The van der Waals surface area contributed by atoms with Gasteiger partial charge in [0.05, 0.1) is 0 Å². The van der Waals surface area contributed by atoms with E-state index in [-0.39, 0.29) is 5.97 Å². The summed E-state index contributed by atoms with van der Waals surface area (Å²) >= 11 is 0. The van der Waals surface area contributed by atoms with Gasteiger partial charge in [0.15, 0.2) is 0 Å². The molecule has 0 aliphatic heterocycles. The van der Waals surface area contributed by atoms with Gasteiger partial charge in [-0.15, -0.1) is 0 Å². The van der Waals surface area contributed by atoms with Crippen molar-refractivity contribution < 1.29 is 9.53 Å². The van der Waals surface area contributed by atoms with E-state index in [1.807, 2.05) is 42.5 Å². The molecule has 98 valence electrons. The van der Waals surface area contributed by atoms with E-state index in [4.69, 9.17) is 10.5 Å². The quantitative estimate of drug-likeness (QED) is 0.567. The van der Waals surface area contributed by atoms with Gasteiger partial charge < -0.3 is 10.5 Å². The molecular weight excluding hydrogens is 226 g/mol. The highest BCUT2D eigenvalue weighted by molar-refractivity contribution is 5.69. The van der Waals surface area contributed by atoms with Gasteiger partial charge in [-0.05, 0) is 31.0 Å². The number of ether oxygens (including phenoxy) is 1. The van der Waals surface area contributed by atoms with Gasteiger partial charge in [0.1, 0.15) is 6.61 Å². The fourth-order valence-corrected chi connectivity index (χ4v) is 1.55. The Bertz CT molecular complexity index is 360. The van der Waals surface area contributed by atoms with Crippen molar-refractivity contribution in [3.63, 3.8) is 0 Å². The van der Waals surface area contributed by atoms with Crippen LogP contribution < -0.4 is 5.73 Å². The van der Waals surface area contributed by atoms with Crippen LogP contribution in [0.5, 0.6) is 0 Å². The molecule has 0 bridgehead atoms. The van der Waals surface area contributed by atoms with Crippen LogP contribution >= 0.6 is 0 Å². The number of carbonyl (C=O) groups is 1. The molecule has 0 atom stereocenters. The van der Waals surface area contributed by atoms with E-state index >= 15 is 0 Å². The molecule has 0 saturated heterocycles. The molecule has 1 aromatic rings. The summed E-state index contributed by atoms with van der Waals surface area (Å²) in [5.41, 5.74) is 6.48. The summed E-state index contributed by atoms with van der Waals surface area (Å²) in [6.07, 6.45) is 7.11. The van der Waals surface area contributed by atoms with E-state index < -0.39 is 0 Å². The average molecular weight is 247 g/mol. The minimum absolute atomic E-state index is 0.135. The molecule has 1 aromatic carbocycles. The largest absolute Gasteiger partial charge is 0.461 e. The van der Waals surface area contributed by atoms with Crippen LogP contribution in [0.2, 0.25) is 0 Å². The maximum absolute atomic E-state index is 11.3. The molecule has 0 spiro atoms. The molecular formula is C15H21NO2. The van der Waals surface area contributed by atoms with Crippen LogP contribution in [0.15, 0.2) is 36.4 Å². The number of carbonyl (C=O) groups excluding carboxylic acids is 1. The molecule has 3 nitrogen and oxygen atoms in total. The first-order valence-electron chi connectivity index (χ1n) is 6.40. The SMILES string of the molecule is NCCCCCC(=O)OCC=Cc1ccccc1. The summed E-state index contributed by atoms with van der Waals surface area (Å²) in [6, 6.07) is 9.93. The lowest BCUT2D eigenvalue weighted by atomic mass is 10.2.